The van der Waals surface area contributed by atoms with E-state index in [1.165, 1.54) is 5.56 Å². The van der Waals surface area contributed by atoms with Gasteiger partial charge in [-0.3, -0.25) is 4.79 Å². The summed E-state index contributed by atoms with van der Waals surface area (Å²) in [5.41, 5.74) is 3.84. The van der Waals surface area contributed by atoms with Gasteiger partial charge in [0.1, 0.15) is 0 Å². The summed E-state index contributed by atoms with van der Waals surface area (Å²) in [5.74, 6) is 0.609. The van der Waals surface area contributed by atoms with Gasteiger partial charge < -0.3 is 0 Å². The molecule has 0 N–H and O–H groups in total. The van der Waals surface area contributed by atoms with Crippen molar-refractivity contribution in [3.63, 3.8) is 0 Å². The first-order chi connectivity index (χ1) is 9.51. The van der Waals surface area contributed by atoms with Crippen LogP contribution in [0.2, 0.25) is 0 Å². The van der Waals surface area contributed by atoms with Crippen molar-refractivity contribution in [2.75, 3.05) is 0 Å². The highest BCUT2D eigenvalue weighted by molar-refractivity contribution is 9.10. The molecule has 104 valence electrons. The van der Waals surface area contributed by atoms with E-state index in [4.69, 9.17) is 0 Å². The Morgan fingerprint density at radius 3 is 2.30 bits per heavy atom. The van der Waals surface area contributed by atoms with Crippen LogP contribution in [0.4, 0.5) is 0 Å². The molecule has 0 aliphatic carbocycles. The number of carbonyl (C=O) groups is 1. The fourth-order valence-corrected chi connectivity index (χ4v) is 2.84. The van der Waals surface area contributed by atoms with Crippen molar-refractivity contribution in [1.82, 2.24) is 0 Å². The zero-order chi connectivity index (χ0) is 14.7. The lowest BCUT2D eigenvalue weighted by Crippen LogP contribution is -2.02. The van der Waals surface area contributed by atoms with Gasteiger partial charge in [0.15, 0.2) is 5.78 Å². The van der Waals surface area contributed by atoms with Crippen molar-refractivity contribution in [3.8, 4) is 0 Å². The lowest BCUT2D eigenvalue weighted by Gasteiger charge is -2.09. The molecule has 0 aliphatic heterocycles. The quantitative estimate of drug-likeness (QED) is 0.676. The SMILES string of the molecule is CCC(C)c1ccc(C(=O)c2cc(C)cc(Br)c2)cc1. The summed E-state index contributed by atoms with van der Waals surface area (Å²) in [6.45, 7) is 6.37. The van der Waals surface area contributed by atoms with E-state index in [2.05, 4.69) is 41.9 Å². The monoisotopic (exact) mass is 330 g/mol. The van der Waals surface area contributed by atoms with Gasteiger partial charge in [-0.2, -0.15) is 0 Å². The van der Waals surface area contributed by atoms with Gasteiger partial charge in [-0.25, -0.2) is 0 Å². The minimum absolute atomic E-state index is 0.0742. The molecule has 0 amide bonds. The molecule has 0 aromatic heterocycles. The van der Waals surface area contributed by atoms with Gasteiger partial charge in [-0.05, 0) is 48.6 Å². The second-order valence-electron chi connectivity index (χ2n) is 5.28. The van der Waals surface area contributed by atoms with Crippen LogP contribution >= 0.6 is 15.9 Å². The highest BCUT2D eigenvalue weighted by Gasteiger charge is 2.11. The summed E-state index contributed by atoms with van der Waals surface area (Å²) in [4.78, 5) is 12.5. The summed E-state index contributed by atoms with van der Waals surface area (Å²) in [6, 6.07) is 13.8. The standard InChI is InChI=1S/C18H19BrO/c1-4-13(3)14-5-7-15(8-6-14)18(20)16-9-12(2)10-17(19)11-16/h5-11,13H,4H2,1-3H3. The normalized spacial score (nSPS) is 12.2. The van der Waals surface area contributed by atoms with Crippen LogP contribution in [0.15, 0.2) is 46.9 Å². The number of carbonyl (C=O) groups excluding carboxylic acids is 1. The van der Waals surface area contributed by atoms with Crippen molar-refractivity contribution in [2.45, 2.75) is 33.1 Å². The first-order valence-corrected chi connectivity index (χ1v) is 7.72. The zero-order valence-electron chi connectivity index (χ0n) is 12.1. The van der Waals surface area contributed by atoms with E-state index in [0.717, 1.165) is 27.6 Å². The summed E-state index contributed by atoms with van der Waals surface area (Å²) >= 11 is 3.44. The first kappa shape index (κ1) is 15.0. The summed E-state index contributed by atoms with van der Waals surface area (Å²) in [5, 5.41) is 0. The predicted octanol–water partition coefficient (Wildman–Crippen LogP) is 5.50. The fraction of sp³-hybridized carbons (Fsp3) is 0.278. The van der Waals surface area contributed by atoms with Gasteiger partial charge in [-0.1, -0.05) is 54.0 Å². The molecule has 0 fully saturated rings. The van der Waals surface area contributed by atoms with E-state index >= 15 is 0 Å². The third kappa shape index (κ3) is 3.37. The Labute approximate surface area is 129 Å². The third-order valence-electron chi connectivity index (χ3n) is 3.66. The van der Waals surface area contributed by atoms with Crippen LogP contribution in [0.3, 0.4) is 0 Å². The van der Waals surface area contributed by atoms with E-state index in [1.807, 2.05) is 37.3 Å². The molecule has 1 unspecified atom stereocenters. The van der Waals surface area contributed by atoms with Crippen molar-refractivity contribution >= 4 is 21.7 Å². The molecule has 0 saturated carbocycles. The third-order valence-corrected chi connectivity index (χ3v) is 4.12. The molecule has 1 nitrogen and oxygen atoms in total. The number of benzene rings is 2. The second-order valence-corrected chi connectivity index (χ2v) is 6.19. The number of ketones is 1. The van der Waals surface area contributed by atoms with Crippen LogP contribution in [0.25, 0.3) is 0 Å². The molecule has 2 aromatic carbocycles. The van der Waals surface area contributed by atoms with E-state index in [9.17, 15) is 4.79 Å². The summed E-state index contributed by atoms with van der Waals surface area (Å²) in [6.07, 6.45) is 1.11. The average Bonchev–Trinajstić information content (AvgIpc) is 2.45. The van der Waals surface area contributed by atoms with E-state index < -0.39 is 0 Å². The van der Waals surface area contributed by atoms with Crippen LogP contribution in [0.5, 0.6) is 0 Å². The number of halogens is 1. The van der Waals surface area contributed by atoms with Crippen LogP contribution < -0.4 is 0 Å². The van der Waals surface area contributed by atoms with Gasteiger partial charge in [0, 0.05) is 15.6 Å². The number of hydrogen-bond acceptors (Lipinski definition) is 1. The number of aryl methyl sites for hydroxylation is 1. The zero-order valence-corrected chi connectivity index (χ0v) is 13.7. The molecule has 2 rings (SSSR count). The Bertz CT molecular complexity index is 594. The lowest BCUT2D eigenvalue weighted by atomic mass is 9.95. The predicted molar refractivity (Wildman–Crippen MR) is 87.5 cm³/mol. The molecule has 2 aromatic rings. The Morgan fingerprint density at radius 1 is 1.10 bits per heavy atom. The molecule has 1 atom stereocenters. The molecule has 0 saturated heterocycles. The molecule has 0 spiro atoms. The van der Waals surface area contributed by atoms with Gasteiger partial charge >= 0.3 is 0 Å². The highest BCUT2D eigenvalue weighted by Crippen LogP contribution is 2.21. The first-order valence-electron chi connectivity index (χ1n) is 6.93. The smallest absolute Gasteiger partial charge is 0.193 e. The minimum atomic E-state index is 0.0742. The van der Waals surface area contributed by atoms with E-state index in [-0.39, 0.29) is 5.78 Å². The van der Waals surface area contributed by atoms with Crippen molar-refractivity contribution < 1.29 is 4.79 Å². The van der Waals surface area contributed by atoms with E-state index in [0.29, 0.717) is 5.92 Å². The highest BCUT2D eigenvalue weighted by atomic mass is 79.9. The number of rotatable bonds is 4. The van der Waals surface area contributed by atoms with Gasteiger partial charge in [0.05, 0.1) is 0 Å². The number of hydrogen-bond donors (Lipinski definition) is 0. The summed E-state index contributed by atoms with van der Waals surface area (Å²) in [7, 11) is 0. The minimum Gasteiger partial charge on any atom is -0.289 e. The van der Waals surface area contributed by atoms with Crippen LogP contribution in [-0.2, 0) is 0 Å². The molecular weight excluding hydrogens is 312 g/mol. The van der Waals surface area contributed by atoms with Crippen LogP contribution in [-0.4, -0.2) is 5.78 Å². The van der Waals surface area contributed by atoms with Gasteiger partial charge in [0.25, 0.3) is 0 Å². The maximum absolute atomic E-state index is 12.5. The molecule has 0 heterocycles. The topological polar surface area (TPSA) is 17.1 Å². The maximum Gasteiger partial charge on any atom is 0.193 e. The molecule has 0 aliphatic rings. The Kier molecular flexibility index (Phi) is 4.77. The molecular formula is C18H19BrO. The van der Waals surface area contributed by atoms with Crippen LogP contribution in [0, 0.1) is 6.92 Å². The average molecular weight is 331 g/mol. The molecule has 0 radical (unpaired) electrons. The van der Waals surface area contributed by atoms with Crippen molar-refractivity contribution in [2.24, 2.45) is 0 Å². The summed E-state index contributed by atoms with van der Waals surface area (Å²) < 4.78 is 0.942. The Hall–Kier alpha value is -1.41. The Balaban J connectivity index is 2.29. The van der Waals surface area contributed by atoms with E-state index in [1.54, 1.807) is 0 Å². The van der Waals surface area contributed by atoms with Gasteiger partial charge in [0.2, 0.25) is 0 Å². The maximum atomic E-state index is 12.5. The van der Waals surface area contributed by atoms with Crippen molar-refractivity contribution in [3.05, 3.63) is 69.2 Å². The lowest BCUT2D eigenvalue weighted by molar-refractivity contribution is 0.103. The molecule has 0 bridgehead atoms. The molecule has 2 heteroatoms. The van der Waals surface area contributed by atoms with Crippen LogP contribution in [0.1, 0.15) is 53.2 Å². The molecule has 20 heavy (non-hydrogen) atoms. The van der Waals surface area contributed by atoms with Crippen molar-refractivity contribution in [1.29, 1.82) is 0 Å². The fourth-order valence-electron chi connectivity index (χ4n) is 2.23. The Morgan fingerprint density at radius 2 is 1.75 bits per heavy atom. The second kappa shape index (κ2) is 6.36. The largest absolute Gasteiger partial charge is 0.289 e. The van der Waals surface area contributed by atoms with Gasteiger partial charge in [-0.15, -0.1) is 0 Å².